The molecule has 1 rings (SSSR count). The Hall–Kier alpha value is -1.81. The summed E-state index contributed by atoms with van der Waals surface area (Å²) in [6.07, 6.45) is 1.67. The molecule has 4 nitrogen and oxygen atoms in total. The highest BCUT2D eigenvalue weighted by Crippen LogP contribution is 2.14. The molecule has 0 fully saturated rings. The number of amides is 1. The number of benzene rings is 1. The Bertz CT molecular complexity index is 478. The van der Waals surface area contributed by atoms with Gasteiger partial charge in [-0.2, -0.15) is 0 Å². The fourth-order valence-corrected chi connectivity index (χ4v) is 1.92. The van der Waals surface area contributed by atoms with Crippen LogP contribution in [0.15, 0.2) is 36.4 Å². The molecule has 0 bridgehead atoms. The summed E-state index contributed by atoms with van der Waals surface area (Å²) in [6.45, 7) is 9.30. The van der Waals surface area contributed by atoms with Crippen molar-refractivity contribution in [1.29, 1.82) is 0 Å². The number of carbonyl (C=O) groups is 1. The van der Waals surface area contributed by atoms with Gasteiger partial charge < -0.3 is 15.0 Å². The second-order valence-electron chi connectivity index (χ2n) is 5.97. The minimum absolute atomic E-state index is 0.0541. The molecule has 0 radical (unpaired) electrons. The molecule has 0 saturated carbocycles. The first kappa shape index (κ1) is 18.2. The van der Waals surface area contributed by atoms with Crippen molar-refractivity contribution < 1.29 is 9.53 Å². The molecule has 0 unspecified atom stereocenters. The third kappa shape index (κ3) is 7.27. The molecule has 1 N–H and O–H groups in total. The molecule has 0 aliphatic rings. The number of nitrogens with one attached hydrogen (secondary N) is 1. The Morgan fingerprint density at radius 2 is 1.91 bits per heavy atom. The number of rotatable bonds is 9. The lowest BCUT2D eigenvalue weighted by molar-refractivity contribution is -0.117. The largest absolute Gasteiger partial charge is 0.491 e. The summed E-state index contributed by atoms with van der Waals surface area (Å²) < 4.78 is 5.60. The van der Waals surface area contributed by atoms with E-state index >= 15 is 0 Å². The number of ether oxygens (including phenoxy) is 1. The topological polar surface area (TPSA) is 41.6 Å². The summed E-state index contributed by atoms with van der Waals surface area (Å²) >= 11 is 0. The highest BCUT2D eigenvalue weighted by molar-refractivity contribution is 5.92. The van der Waals surface area contributed by atoms with Gasteiger partial charge in [0, 0.05) is 18.7 Å². The minimum Gasteiger partial charge on any atom is -0.491 e. The van der Waals surface area contributed by atoms with Crippen LogP contribution in [-0.4, -0.2) is 44.1 Å². The maximum Gasteiger partial charge on any atom is 0.246 e. The van der Waals surface area contributed by atoms with E-state index in [9.17, 15) is 4.79 Å². The van der Waals surface area contributed by atoms with Gasteiger partial charge in [0.05, 0.1) is 6.10 Å². The molecule has 0 atom stereocenters. The molecule has 1 aromatic rings. The molecule has 4 heteroatoms. The summed E-state index contributed by atoms with van der Waals surface area (Å²) in [7, 11) is 3.97. The van der Waals surface area contributed by atoms with Gasteiger partial charge in [0.25, 0.3) is 0 Å². The SMILES string of the molecule is C=C(CCN(C)C)C(=O)NCCc1ccc(OC(C)C)cc1. The monoisotopic (exact) mass is 304 g/mol. The lowest BCUT2D eigenvalue weighted by Crippen LogP contribution is -2.28. The van der Waals surface area contributed by atoms with E-state index in [0.717, 1.165) is 18.7 Å². The van der Waals surface area contributed by atoms with E-state index in [1.165, 1.54) is 5.56 Å². The summed E-state index contributed by atoms with van der Waals surface area (Å²) in [4.78, 5) is 13.9. The van der Waals surface area contributed by atoms with Gasteiger partial charge in [-0.05, 0) is 58.5 Å². The van der Waals surface area contributed by atoms with E-state index < -0.39 is 0 Å². The first-order chi connectivity index (χ1) is 10.4. The molecule has 0 aliphatic heterocycles. The lowest BCUT2D eigenvalue weighted by atomic mass is 10.1. The van der Waals surface area contributed by atoms with Crippen LogP contribution in [0.3, 0.4) is 0 Å². The van der Waals surface area contributed by atoms with Crippen LogP contribution in [-0.2, 0) is 11.2 Å². The zero-order valence-corrected chi connectivity index (χ0v) is 14.2. The number of hydrogen-bond donors (Lipinski definition) is 1. The molecule has 0 spiro atoms. The van der Waals surface area contributed by atoms with E-state index in [2.05, 4.69) is 11.9 Å². The third-order valence-electron chi connectivity index (χ3n) is 3.18. The van der Waals surface area contributed by atoms with Crippen LogP contribution in [0.1, 0.15) is 25.8 Å². The predicted molar refractivity (Wildman–Crippen MR) is 91.2 cm³/mol. The average Bonchev–Trinajstić information content (AvgIpc) is 2.45. The normalized spacial score (nSPS) is 10.8. The smallest absolute Gasteiger partial charge is 0.246 e. The molecule has 0 aromatic heterocycles. The third-order valence-corrected chi connectivity index (χ3v) is 3.18. The molecule has 122 valence electrons. The van der Waals surface area contributed by atoms with E-state index in [1.807, 2.05) is 57.1 Å². The maximum absolute atomic E-state index is 11.9. The molecule has 1 aromatic carbocycles. The van der Waals surface area contributed by atoms with Crippen molar-refractivity contribution in [1.82, 2.24) is 10.2 Å². The van der Waals surface area contributed by atoms with Gasteiger partial charge in [-0.3, -0.25) is 4.79 Å². The molecular weight excluding hydrogens is 276 g/mol. The summed E-state index contributed by atoms with van der Waals surface area (Å²) in [6, 6.07) is 8.00. The summed E-state index contributed by atoms with van der Waals surface area (Å²) in [5.74, 6) is 0.821. The van der Waals surface area contributed by atoms with E-state index in [4.69, 9.17) is 4.74 Å². The Morgan fingerprint density at radius 3 is 2.45 bits per heavy atom. The summed E-state index contributed by atoms with van der Waals surface area (Å²) in [5, 5.41) is 2.91. The van der Waals surface area contributed by atoms with Crippen molar-refractivity contribution in [3.8, 4) is 5.75 Å². The van der Waals surface area contributed by atoms with Crippen LogP contribution < -0.4 is 10.1 Å². The fourth-order valence-electron chi connectivity index (χ4n) is 1.92. The van der Waals surface area contributed by atoms with Crippen LogP contribution >= 0.6 is 0 Å². The molecule has 0 saturated heterocycles. The van der Waals surface area contributed by atoms with Crippen molar-refractivity contribution >= 4 is 5.91 Å². The quantitative estimate of drug-likeness (QED) is 0.713. The van der Waals surface area contributed by atoms with Gasteiger partial charge in [0.1, 0.15) is 5.75 Å². The molecule has 0 aliphatic carbocycles. The van der Waals surface area contributed by atoms with Crippen molar-refractivity contribution in [2.75, 3.05) is 27.2 Å². The number of hydrogen-bond acceptors (Lipinski definition) is 3. The second-order valence-corrected chi connectivity index (χ2v) is 5.97. The van der Waals surface area contributed by atoms with Gasteiger partial charge in [-0.25, -0.2) is 0 Å². The first-order valence-electron chi connectivity index (χ1n) is 7.74. The highest BCUT2D eigenvalue weighted by Gasteiger charge is 2.06. The van der Waals surface area contributed by atoms with Gasteiger partial charge in [0.2, 0.25) is 5.91 Å². The van der Waals surface area contributed by atoms with Gasteiger partial charge in [-0.1, -0.05) is 18.7 Å². The first-order valence-corrected chi connectivity index (χ1v) is 7.74. The van der Waals surface area contributed by atoms with Crippen LogP contribution in [0.5, 0.6) is 5.75 Å². The van der Waals surface area contributed by atoms with Crippen LogP contribution in [0.25, 0.3) is 0 Å². The molecule has 0 heterocycles. The minimum atomic E-state index is -0.0541. The van der Waals surface area contributed by atoms with Gasteiger partial charge in [-0.15, -0.1) is 0 Å². The van der Waals surface area contributed by atoms with Crippen molar-refractivity contribution in [2.24, 2.45) is 0 Å². The van der Waals surface area contributed by atoms with Crippen LogP contribution in [0, 0.1) is 0 Å². The number of nitrogens with zero attached hydrogens (tertiary/aromatic N) is 1. The molecule has 22 heavy (non-hydrogen) atoms. The second kappa shape index (κ2) is 9.26. The molecular formula is C18H28N2O2. The zero-order chi connectivity index (χ0) is 16.5. The summed E-state index contributed by atoms with van der Waals surface area (Å²) in [5.41, 5.74) is 1.81. The average molecular weight is 304 g/mol. The van der Waals surface area contributed by atoms with Crippen LogP contribution in [0.2, 0.25) is 0 Å². The Morgan fingerprint density at radius 1 is 1.27 bits per heavy atom. The lowest BCUT2D eigenvalue weighted by Gasteiger charge is -2.12. The Balaban J connectivity index is 2.31. The standard InChI is InChI=1S/C18H28N2O2/c1-14(2)22-17-8-6-16(7-9-17)10-12-19-18(21)15(3)11-13-20(4)5/h6-9,14H,3,10-13H2,1-2,4-5H3,(H,19,21). The van der Waals surface area contributed by atoms with E-state index in [0.29, 0.717) is 18.5 Å². The highest BCUT2D eigenvalue weighted by atomic mass is 16.5. The van der Waals surface area contributed by atoms with E-state index in [-0.39, 0.29) is 12.0 Å². The predicted octanol–water partition coefficient (Wildman–Crippen LogP) is 2.64. The Labute approximate surface area is 134 Å². The van der Waals surface area contributed by atoms with Gasteiger partial charge >= 0.3 is 0 Å². The van der Waals surface area contributed by atoms with Crippen molar-refractivity contribution in [3.63, 3.8) is 0 Å². The Kier molecular flexibility index (Phi) is 7.67. The van der Waals surface area contributed by atoms with Crippen molar-refractivity contribution in [2.45, 2.75) is 32.8 Å². The zero-order valence-electron chi connectivity index (χ0n) is 14.2. The number of carbonyl (C=O) groups excluding carboxylic acids is 1. The van der Waals surface area contributed by atoms with Crippen LogP contribution in [0.4, 0.5) is 0 Å². The van der Waals surface area contributed by atoms with E-state index in [1.54, 1.807) is 0 Å². The maximum atomic E-state index is 11.9. The fraction of sp³-hybridized carbons (Fsp3) is 0.500. The molecule has 1 amide bonds. The van der Waals surface area contributed by atoms with Gasteiger partial charge in [0.15, 0.2) is 0 Å². The van der Waals surface area contributed by atoms with Crippen molar-refractivity contribution in [3.05, 3.63) is 42.0 Å².